The molecule has 1 fully saturated rings. The molecule has 1 aromatic carbocycles. The smallest absolute Gasteiger partial charge is 0.243 e. The van der Waals surface area contributed by atoms with Gasteiger partial charge in [-0.1, -0.05) is 0 Å². The Kier molecular flexibility index (Phi) is 4.29. The van der Waals surface area contributed by atoms with Crippen LogP contribution < -0.4 is 15.2 Å². The standard InChI is InChI=1S/C15H22N2O4S/c1-11(16)12-4-6-17(7-5-12)22(18,19)13-2-3-14-15(10-13)21-9-8-20-14/h2-3,10-12H,4-9,16H2,1H3. The summed E-state index contributed by atoms with van der Waals surface area (Å²) in [6.07, 6.45) is 1.61. The van der Waals surface area contributed by atoms with Crippen LogP contribution in [0.3, 0.4) is 0 Å². The van der Waals surface area contributed by atoms with E-state index >= 15 is 0 Å². The molecule has 3 rings (SSSR count). The van der Waals surface area contributed by atoms with E-state index in [0.717, 1.165) is 12.8 Å². The van der Waals surface area contributed by atoms with Gasteiger partial charge in [0.15, 0.2) is 11.5 Å². The topological polar surface area (TPSA) is 81.9 Å². The maximum Gasteiger partial charge on any atom is 0.243 e. The van der Waals surface area contributed by atoms with Crippen molar-refractivity contribution in [1.29, 1.82) is 0 Å². The molecule has 0 amide bonds. The van der Waals surface area contributed by atoms with Crippen molar-refractivity contribution in [1.82, 2.24) is 4.31 Å². The largest absolute Gasteiger partial charge is 0.486 e. The maximum atomic E-state index is 12.7. The summed E-state index contributed by atoms with van der Waals surface area (Å²) in [7, 11) is -3.49. The van der Waals surface area contributed by atoms with Gasteiger partial charge in [-0.05, 0) is 37.8 Å². The lowest BCUT2D eigenvalue weighted by Crippen LogP contribution is -2.42. The minimum Gasteiger partial charge on any atom is -0.486 e. The molecule has 0 aliphatic carbocycles. The van der Waals surface area contributed by atoms with E-state index < -0.39 is 10.0 Å². The maximum absolute atomic E-state index is 12.7. The van der Waals surface area contributed by atoms with Gasteiger partial charge in [0.1, 0.15) is 13.2 Å². The van der Waals surface area contributed by atoms with E-state index in [0.29, 0.717) is 43.7 Å². The highest BCUT2D eigenvalue weighted by Crippen LogP contribution is 2.34. The molecule has 22 heavy (non-hydrogen) atoms. The van der Waals surface area contributed by atoms with E-state index in [2.05, 4.69) is 0 Å². The van der Waals surface area contributed by atoms with Crippen LogP contribution in [0.2, 0.25) is 0 Å². The van der Waals surface area contributed by atoms with E-state index in [9.17, 15) is 8.42 Å². The summed E-state index contributed by atoms with van der Waals surface area (Å²) in [4.78, 5) is 0.260. The second-order valence-corrected chi connectivity index (χ2v) is 7.84. The van der Waals surface area contributed by atoms with Crippen molar-refractivity contribution in [2.45, 2.75) is 30.7 Å². The molecule has 0 aromatic heterocycles. The summed E-state index contributed by atoms with van der Waals surface area (Å²) in [5.41, 5.74) is 5.91. The van der Waals surface area contributed by atoms with Crippen molar-refractivity contribution in [2.24, 2.45) is 11.7 Å². The minimum atomic E-state index is -3.49. The minimum absolute atomic E-state index is 0.110. The first-order valence-corrected chi connectivity index (χ1v) is 9.08. The fourth-order valence-electron chi connectivity index (χ4n) is 2.98. The Balaban J connectivity index is 1.79. The van der Waals surface area contributed by atoms with E-state index in [1.54, 1.807) is 18.2 Å². The summed E-state index contributed by atoms with van der Waals surface area (Å²) in [5.74, 6) is 1.49. The number of nitrogens with two attached hydrogens (primary N) is 1. The molecule has 6 nitrogen and oxygen atoms in total. The third-order valence-electron chi connectivity index (χ3n) is 4.39. The fourth-order valence-corrected chi connectivity index (χ4v) is 4.46. The number of hydrogen-bond donors (Lipinski definition) is 1. The van der Waals surface area contributed by atoms with Gasteiger partial charge >= 0.3 is 0 Å². The highest BCUT2D eigenvalue weighted by Gasteiger charge is 2.31. The third-order valence-corrected chi connectivity index (χ3v) is 6.29. The van der Waals surface area contributed by atoms with Gasteiger partial charge in [-0.25, -0.2) is 8.42 Å². The Labute approximate surface area is 131 Å². The molecule has 1 saturated heterocycles. The van der Waals surface area contributed by atoms with Crippen LogP contribution in [0.4, 0.5) is 0 Å². The number of rotatable bonds is 3. The average Bonchev–Trinajstić information content (AvgIpc) is 2.54. The molecule has 2 aliphatic heterocycles. The molecule has 1 aromatic rings. The first-order valence-electron chi connectivity index (χ1n) is 7.64. The van der Waals surface area contributed by atoms with E-state index in [-0.39, 0.29) is 10.9 Å². The third kappa shape index (κ3) is 2.93. The lowest BCUT2D eigenvalue weighted by Gasteiger charge is -2.33. The van der Waals surface area contributed by atoms with Gasteiger partial charge < -0.3 is 15.2 Å². The summed E-state index contributed by atoms with van der Waals surface area (Å²) < 4.78 is 37.9. The van der Waals surface area contributed by atoms with Gasteiger partial charge in [-0.2, -0.15) is 4.31 Å². The molecule has 1 unspecified atom stereocenters. The van der Waals surface area contributed by atoms with Crippen molar-refractivity contribution < 1.29 is 17.9 Å². The zero-order valence-electron chi connectivity index (χ0n) is 12.7. The Morgan fingerprint density at radius 2 is 1.82 bits per heavy atom. The molecular formula is C15H22N2O4S. The normalized spacial score (nSPS) is 21.5. The Bertz CT molecular complexity index is 637. The summed E-state index contributed by atoms with van der Waals surface area (Å²) in [6.45, 7) is 3.95. The van der Waals surface area contributed by atoms with Crippen LogP contribution in [-0.2, 0) is 10.0 Å². The van der Waals surface area contributed by atoms with Crippen molar-refractivity contribution >= 4 is 10.0 Å². The van der Waals surface area contributed by atoms with Gasteiger partial charge in [0.25, 0.3) is 0 Å². The molecule has 0 bridgehead atoms. The summed E-state index contributed by atoms with van der Waals surface area (Å²) in [6, 6.07) is 4.91. The van der Waals surface area contributed by atoms with Crippen LogP contribution in [0.5, 0.6) is 11.5 Å². The first-order chi connectivity index (χ1) is 10.5. The van der Waals surface area contributed by atoms with E-state index in [1.165, 1.54) is 4.31 Å². The highest BCUT2D eigenvalue weighted by atomic mass is 32.2. The van der Waals surface area contributed by atoms with Gasteiger partial charge in [0.05, 0.1) is 4.90 Å². The molecule has 1 atom stereocenters. The lowest BCUT2D eigenvalue weighted by atomic mass is 9.92. The molecule has 2 N–H and O–H groups in total. The van der Waals surface area contributed by atoms with Crippen LogP contribution in [0, 0.1) is 5.92 Å². The van der Waals surface area contributed by atoms with Crippen LogP contribution >= 0.6 is 0 Å². The predicted octanol–water partition coefficient (Wildman–Crippen LogP) is 1.21. The first kappa shape index (κ1) is 15.6. The number of sulfonamides is 1. The molecule has 2 heterocycles. The summed E-state index contributed by atoms with van der Waals surface area (Å²) >= 11 is 0. The van der Waals surface area contributed by atoms with Gasteiger partial charge in [-0.15, -0.1) is 0 Å². The zero-order valence-corrected chi connectivity index (χ0v) is 13.5. The lowest BCUT2D eigenvalue weighted by molar-refractivity contribution is 0.171. The molecule has 0 spiro atoms. The van der Waals surface area contributed by atoms with Crippen molar-refractivity contribution in [2.75, 3.05) is 26.3 Å². The zero-order chi connectivity index (χ0) is 15.7. The number of nitrogens with zero attached hydrogens (tertiary/aromatic N) is 1. The van der Waals surface area contributed by atoms with Crippen LogP contribution in [0.25, 0.3) is 0 Å². The average molecular weight is 326 g/mol. The molecule has 0 radical (unpaired) electrons. The van der Waals surface area contributed by atoms with Crippen LogP contribution in [0.1, 0.15) is 19.8 Å². The quantitative estimate of drug-likeness (QED) is 0.903. The number of benzene rings is 1. The Morgan fingerprint density at radius 1 is 1.18 bits per heavy atom. The SMILES string of the molecule is CC(N)C1CCN(S(=O)(=O)c2ccc3c(c2)OCCO3)CC1. The van der Waals surface area contributed by atoms with Gasteiger partial charge in [0.2, 0.25) is 10.0 Å². The predicted molar refractivity (Wildman–Crippen MR) is 82.6 cm³/mol. The molecule has 7 heteroatoms. The number of fused-ring (bicyclic) bond motifs is 1. The van der Waals surface area contributed by atoms with Crippen molar-refractivity contribution in [3.63, 3.8) is 0 Å². The fraction of sp³-hybridized carbons (Fsp3) is 0.600. The monoisotopic (exact) mass is 326 g/mol. The Hall–Kier alpha value is -1.31. The second-order valence-electron chi connectivity index (χ2n) is 5.91. The van der Waals surface area contributed by atoms with E-state index in [1.807, 2.05) is 6.92 Å². The van der Waals surface area contributed by atoms with Crippen molar-refractivity contribution in [3.8, 4) is 11.5 Å². The number of ether oxygens (including phenoxy) is 2. The Morgan fingerprint density at radius 3 is 2.45 bits per heavy atom. The second kappa shape index (κ2) is 6.06. The van der Waals surface area contributed by atoms with Crippen LogP contribution in [-0.4, -0.2) is 45.1 Å². The van der Waals surface area contributed by atoms with Crippen LogP contribution in [0.15, 0.2) is 23.1 Å². The number of hydrogen-bond acceptors (Lipinski definition) is 5. The highest BCUT2D eigenvalue weighted by molar-refractivity contribution is 7.89. The van der Waals surface area contributed by atoms with Gasteiger partial charge in [0, 0.05) is 25.2 Å². The molecule has 0 saturated carbocycles. The van der Waals surface area contributed by atoms with Crippen molar-refractivity contribution in [3.05, 3.63) is 18.2 Å². The van der Waals surface area contributed by atoms with E-state index in [4.69, 9.17) is 15.2 Å². The van der Waals surface area contributed by atoms with Gasteiger partial charge in [-0.3, -0.25) is 0 Å². The summed E-state index contributed by atoms with van der Waals surface area (Å²) in [5, 5.41) is 0. The molecular weight excluding hydrogens is 304 g/mol. The molecule has 122 valence electrons. The number of piperidine rings is 1. The molecule has 2 aliphatic rings.